The monoisotopic (exact) mass is 276 g/mol. The second kappa shape index (κ2) is 5.49. The van der Waals surface area contributed by atoms with Crippen molar-refractivity contribution in [3.05, 3.63) is 46.5 Å². The van der Waals surface area contributed by atoms with Gasteiger partial charge < -0.3 is 0 Å². The summed E-state index contributed by atoms with van der Waals surface area (Å²) in [5.41, 5.74) is 5.59. The Balaban J connectivity index is 2.21. The van der Waals surface area contributed by atoms with E-state index in [-0.39, 0.29) is 0 Å². The molecule has 1 aromatic rings. The topological polar surface area (TPSA) is 0 Å². The van der Waals surface area contributed by atoms with Crippen LogP contribution < -0.4 is 0 Å². The lowest BCUT2D eigenvalue weighted by molar-refractivity contribution is 0.736. The minimum Gasteiger partial charge on any atom is -0.0654 e. The number of hydrogen-bond acceptors (Lipinski definition) is 0. The molecule has 1 aromatic carbocycles. The van der Waals surface area contributed by atoms with Gasteiger partial charge in [-0.1, -0.05) is 60.0 Å². The summed E-state index contributed by atoms with van der Waals surface area (Å²) in [5.74, 6) is 0. The molecule has 0 spiro atoms. The van der Waals surface area contributed by atoms with Crippen molar-refractivity contribution in [3.8, 4) is 0 Å². The Labute approximate surface area is 106 Å². The van der Waals surface area contributed by atoms with Gasteiger partial charge in [0.05, 0.1) is 0 Å². The number of rotatable bonds is 4. The molecule has 0 radical (unpaired) electrons. The first-order valence-corrected chi connectivity index (χ1v) is 6.89. The van der Waals surface area contributed by atoms with Crippen molar-refractivity contribution in [3.63, 3.8) is 0 Å². The van der Waals surface area contributed by atoms with Crippen molar-refractivity contribution in [2.24, 2.45) is 0 Å². The molecule has 1 aliphatic rings. The number of allylic oxidation sites excluding steroid dienone is 3. The molecule has 0 saturated carbocycles. The van der Waals surface area contributed by atoms with Crippen LogP contribution in [0.2, 0.25) is 0 Å². The summed E-state index contributed by atoms with van der Waals surface area (Å²) in [5, 5.41) is 0. The van der Waals surface area contributed by atoms with Crippen LogP contribution >= 0.6 is 15.9 Å². The van der Waals surface area contributed by atoms with Crippen molar-refractivity contribution >= 4 is 27.1 Å². The molecule has 0 heterocycles. The molecule has 0 aliphatic heterocycles. The smallest absolute Gasteiger partial charge is 0.0103 e. The van der Waals surface area contributed by atoms with Gasteiger partial charge >= 0.3 is 0 Å². The molecule has 1 heteroatoms. The van der Waals surface area contributed by atoms with Crippen LogP contribution in [0.1, 0.15) is 43.7 Å². The normalized spacial score (nSPS) is 16.4. The van der Waals surface area contributed by atoms with Crippen LogP contribution in [0, 0.1) is 0 Å². The SMILES string of the molecule is CCCCCC1=C/C(=C\Br)c2ccccc21. The number of hydrogen-bond donors (Lipinski definition) is 0. The zero-order valence-corrected chi connectivity index (χ0v) is 11.3. The number of fused-ring (bicyclic) bond motifs is 1. The number of benzene rings is 1. The Morgan fingerprint density at radius 3 is 2.56 bits per heavy atom. The lowest BCUT2D eigenvalue weighted by Crippen LogP contribution is -1.84. The fourth-order valence-corrected chi connectivity index (χ4v) is 2.60. The van der Waals surface area contributed by atoms with Crippen molar-refractivity contribution < 1.29 is 0 Å². The molecular weight excluding hydrogens is 260 g/mol. The molecule has 1 aliphatic carbocycles. The first-order chi connectivity index (χ1) is 7.86. The van der Waals surface area contributed by atoms with E-state index in [0.717, 1.165) is 0 Å². The van der Waals surface area contributed by atoms with Crippen molar-refractivity contribution in [2.75, 3.05) is 0 Å². The average Bonchev–Trinajstić information content (AvgIpc) is 2.68. The van der Waals surface area contributed by atoms with Gasteiger partial charge in [-0.25, -0.2) is 0 Å². The maximum absolute atomic E-state index is 3.45. The van der Waals surface area contributed by atoms with Gasteiger partial charge in [0.25, 0.3) is 0 Å². The Morgan fingerprint density at radius 1 is 1.12 bits per heavy atom. The van der Waals surface area contributed by atoms with Crippen LogP contribution in [0.15, 0.2) is 35.3 Å². The number of halogens is 1. The second-order valence-corrected chi connectivity index (χ2v) is 4.69. The van der Waals surface area contributed by atoms with Crippen LogP contribution in [0.5, 0.6) is 0 Å². The molecule has 0 saturated heterocycles. The van der Waals surface area contributed by atoms with E-state index in [1.54, 1.807) is 0 Å². The highest BCUT2D eigenvalue weighted by Gasteiger charge is 2.16. The van der Waals surface area contributed by atoms with Gasteiger partial charge in [-0.3, -0.25) is 0 Å². The van der Waals surface area contributed by atoms with Crippen LogP contribution in [0.3, 0.4) is 0 Å². The first kappa shape index (κ1) is 11.7. The first-order valence-electron chi connectivity index (χ1n) is 5.97. The van der Waals surface area contributed by atoms with Crippen molar-refractivity contribution in [1.82, 2.24) is 0 Å². The molecule has 84 valence electrons. The highest BCUT2D eigenvalue weighted by molar-refractivity contribution is 9.11. The third-order valence-electron chi connectivity index (χ3n) is 3.08. The molecule has 0 atom stereocenters. The quantitative estimate of drug-likeness (QED) is 0.646. The standard InChI is InChI=1S/C15H17Br/c1-2-3-4-7-12-10-13(11-16)15-9-6-5-8-14(12)15/h5-6,8-11H,2-4,7H2,1H3/b13-11+. The number of unbranched alkanes of at least 4 members (excludes halogenated alkanes) is 2. The summed E-state index contributed by atoms with van der Waals surface area (Å²) in [6.45, 7) is 2.25. The average molecular weight is 277 g/mol. The van der Waals surface area contributed by atoms with Gasteiger partial charge in [-0.2, -0.15) is 0 Å². The molecule has 0 unspecified atom stereocenters. The van der Waals surface area contributed by atoms with E-state index >= 15 is 0 Å². The minimum atomic E-state index is 1.20. The molecule has 16 heavy (non-hydrogen) atoms. The van der Waals surface area contributed by atoms with E-state index in [1.165, 1.54) is 48.0 Å². The Hall–Kier alpha value is -0.820. The predicted octanol–water partition coefficient (Wildman–Crippen LogP) is 5.40. The van der Waals surface area contributed by atoms with Gasteiger partial charge in [0.2, 0.25) is 0 Å². The minimum absolute atomic E-state index is 1.20. The highest BCUT2D eigenvalue weighted by Crippen LogP contribution is 2.38. The molecular formula is C15H17Br. The van der Waals surface area contributed by atoms with Crippen LogP contribution in [0.25, 0.3) is 11.1 Å². The summed E-state index contributed by atoms with van der Waals surface area (Å²) in [4.78, 5) is 2.03. The van der Waals surface area contributed by atoms with E-state index in [1.807, 2.05) is 4.99 Å². The van der Waals surface area contributed by atoms with E-state index < -0.39 is 0 Å². The maximum atomic E-state index is 3.45. The van der Waals surface area contributed by atoms with Crippen LogP contribution in [-0.4, -0.2) is 0 Å². The van der Waals surface area contributed by atoms with Gasteiger partial charge in [0.1, 0.15) is 0 Å². The lowest BCUT2D eigenvalue weighted by Gasteiger charge is -2.04. The van der Waals surface area contributed by atoms with Crippen LogP contribution in [-0.2, 0) is 0 Å². The van der Waals surface area contributed by atoms with Gasteiger partial charge in [0, 0.05) is 0 Å². The predicted molar refractivity (Wildman–Crippen MR) is 75.5 cm³/mol. The van der Waals surface area contributed by atoms with Gasteiger partial charge in [-0.05, 0) is 46.2 Å². The fourth-order valence-electron chi connectivity index (χ4n) is 2.22. The zero-order valence-electron chi connectivity index (χ0n) is 9.67. The van der Waals surface area contributed by atoms with Crippen LogP contribution in [0.4, 0.5) is 0 Å². The molecule has 0 N–H and O–H groups in total. The van der Waals surface area contributed by atoms with Gasteiger partial charge in [-0.15, -0.1) is 0 Å². The van der Waals surface area contributed by atoms with Crippen molar-refractivity contribution in [2.45, 2.75) is 32.6 Å². The summed E-state index contributed by atoms with van der Waals surface area (Å²) in [6.07, 6.45) is 7.43. The Bertz CT molecular complexity index is 427. The molecule has 0 bridgehead atoms. The summed E-state index contributed by atoms with van der Waals surface area (Å²) < 4.78 is 0. The molecule has 0 nitrogen and oxygen atoms in total. The second-order valence-electron chi connectivity index (χ2n) is 4.24. The fraction of sp³-hybridized carbons (Fsp3) is 0.333. The van der Waals surface area contributed by atoms with E-state index in [9.17, 15) is 0 Å². The third kappa shape index (κ3) is 2.30. The van der Waals surface area contributed by atoms with E-state index in [0.29, 0.717) is 0 Å². The summed E-state index contributed by atoms with van der Waals surface area (Å²) in [6, 6.07) is 8.67. The largest absolute Gasteiger partial charge is 0.0654 e. The lowest BCUT2D eigenvalue weighted by atomic mass is 10.0. The molecule has 0 fully saturated rings. The maximum Gasteiger partial charge on any atom is -0.0103 e. The molecule has 2 rings (SSSR count). The Kier molecular flexibility index (Phi) is 4.00. The van der Waals surface area contributed by atoms with E-state index in [4.69, 9.17) is 0 Å². The summed E-state index contributed by atoms with van der Waals surface area (Å²) in [7, 11) is 0. The van der Waals surface area contributed by atoms with E-state index in [2.05, 4.69) is 53.2 Å². The zero-order chi connectivity index (χ0) is 11.4. The Morgan fingerprint density at radius 2 is 1.88 bits per heavy atom. The molecule has 0 amide bonds. The highest BCUT2D eigenvalue weighted by atomic mass is 79.9. The molecule has 0 aromatic heterocycles. The summed E-state index contributed by atoms with van der Waals surface area (Å²) >= 11 is 3.45. The van der Waals surface area contributed by atoms with Crippen molar-refractivity contribution in [1.29, 1.82) is 0 Å². The van der Waals surface area contributed by atoms with Gasteiger partial charge in [0.15, 0.2) is 0 Å². The third-order valence-corrected chi connectivity index (χ3v) is 3.57.